The van der Waals surface area contributed by atoms with Crippen molar-refractivity contribution in [1.29, 1.82) is 0 Å². The van der Waals surface area contributed by atoms with Crippen molar-refractivity contribution in [3.05, 3.63) is 30.3 Å². The van der Waals surface area contributed by atoms with Crippen LogP contribution in [0.5, 0.6) is 0 Å². The first-order valence-corrected chi connectivity index (χ1v) is 6.87. The average molecular weight is 254 g/mol. The van der Waals surface area contributed by atoms with Gasteiger partial charge in [0.2, 0.25) is 0 Å². The van der Waals surface area contributed by atoms with Gasteiger partial charge in [-0.2, -0.15) is 0 Å². The van der Waals surface area contributed by atoms with E-state index in [1.165, 1.54) is 12.1 Å². The molecule has 0 spiro atoms. The van der Waals surface area contributed by atoms with Gasteiger partial charge in [-0.15, -0.1) is 0 Å². The zero-order chi connectivity index (χ0) is 12.7. The molecule has 92 valence electrons. The van der Waals surface area contributed by atoms with Crippen LogP contribution in [0.25, 0.3) is 0 Å². The highest BCUT2D eigenvalue weighted by atomic mass is 32.2. The summed E-state index contributed by atoms with van der Waals surface area (Å²) in [6.07, 6.45) is 0. The predicted molar refractivity (Wildman–Crippen MR) is 62.2 cm³/mol. The Morgan fingerprint density at radius 1 is 1.24 bits per heavy atom. The molecule has 1 saturated heterocycles. The highest BCUT2D eigenvalue weighted by Crippen LogP contribution is 2.36. The molecule has 1 heterocycles. The summed E-state index contributed by atoms with van der Waals surface area (Å²) in [7, 11) is -3.53. The molecule has 1 aromatic rings. The van der Waals surface area contributed by atoms with E-state index in [4.69, 9.17) is 4.74 Å². The highest BCUT2D eigenvalue weighted by Gasteiger charge is 2.51. The standard InChI is InChI=1S/C12H14O4S/c1-12(2)10(8-16-11(12)13)17(14,15)9-6-4-3-5-7-9/h3-7,10H,8H2,1-2H3. The normalized spacial score (nSPS) is 23.4. The van der Waals surface area contributed by atoms with Gasteiger partial charge in [-0.1, -0.05) is 18.2 Å². The zero-order valence-electron chi connectivity index (χ0n) is 9.71. The van der Waals surface area contributed by atoms with Gasteiger partial charge >= 0.3 is 5.97 Å². The van der Waals surface area contributed by atoms with E-state index in [-0.39, 0.29) is 11.5 Å². The molecule has 4 nitrogen and oxygen atoms in total. The van der Waals surface area contributed by atoms with Gasteiger partial charge in [-0.3, -0.25) is 4.79 Å². The molecule has 1 atom stereocenters. The van der Waals surface area contributed by atoms with E-state index >= 15 is 0 Å². The molecule has 17 heavy (non-hydrogen) atoms. The van der Waals surface area contributed by atoms with Crippen molar-refractivity contribution in [2.45, 2.75) is 24.0 Å². The van der Waals surface area contributed by atoms with Crippen LogP contribution in [0, 0.1) is 5.41 Å². The summed E-state index contributed by atoms with van der Waals surface area (Å²) < 4.78 is 29.6. The third-order valence-electron chi connectivity index (χ3n) is 3.14. The van der Waals surface area contributed by atoms with E-state index in [9.17, 15) is 13.2 Å². The summed E-state index contributed by atoms with van der Waals surface area (Å²) >= 11 is 0. The molecule has 0 amide bonds. The molecule has 1 aliphatic heterocycles. The number of cyclic esters (lactones) is 1. The molecule has 1 unspecified atom stereocenters. The molecular formula is C12H14O4S. The van der Waals surface area contributed by atoms with Crippen molar-refractivity contribution < 1.29 is 17.9 Å². The van der Waals surface area contributed by atoms with E-state index in [0.717, 1.165) is 0 Å². The predicted octanol–water partition coefficient (Wildman–Crippen LogP) is 1.41. The maximum absolute atomic E-state index is 12.4. The minimum Gasteiger partial charge on any atom is -0.464 e. The van der Waals surface area contributed by atoms with Crippen LogP contribution in [-0.2, 0) is 19.4 Å². The molecule has 0 radical (unpaired) electrons. The Kier molecular flexibility index (Phi) is 2.73. The lowest BCUT2D eigenvalue weighted by molar-refractivity contribution is -0.144. The maximum Gasteiger partial charge on any atom is 0.313 e. The molecule has 2 rings (SSSR count). The van der Waals surface area contributed by atoms with Gasteiger partial charge in [0.05, 0.1) is 10.3 Å². The van der Waals surface area contributed by atoms with Crippen LogP contribution in [0.4, 0.5) is 0 Å². The van der Waals surface area contributed by atoms with Crippen LogP contribution >= 0.6 is 0 Å². The Morgan fingerprint density at radius 2 is 1.82 bits per heavy atom. The monoisotopic (exact) mass is 254 g/mol. The molecule has 0 saturated carbocycles. The fourth-order valence-electron chi connectivity index (χ4n) is 1.93. The van der Waals surface area contributed by atoms with Crippen molar-refractivity contribution >= 4 is 15.8 Å². The Labute approximate surface area is 101 Å². The molecule has 0 aliphatic carbocycles. The molecule has 0 aromatic heterocycles. The van der Waals surface area contributed by atoms with Crippen molar-refractivity contribution in [2.24, 2.45) is 5.41 Å². The smallest absolute Gasteiger partial charge is 0.313 e. The SMILES string of the molecule is CC1(C)C(=O)OCC1S(=O)(=O)c1ccccc1. The Morgan fingerprint density at radius 3 is 2.29 bits per heavy atom. The number of carbonyl (C=O) groups excluding carboxylic acids is 1. The third kappa shape index (κ3) is 1.84. The van der Waals surface area contributed by atoms with Crippen molar-refractivity contribution in [3.63, 3.8) is 0 Å². The second-order valence-corrected chi connectivity index (χ2v) is 6.80. The van der Waals surface area contributed by atoms with Gasteiger partial charge in [0.1, 0.15) is 11.9 Å². The second kappa shape index (κ2) is 3.84. The molecular weight excluding hydrogens is 240 g/mol. The zero-order valence-corrected chi connectivity index (χ0v) is 10.5. The van der Waals surface area contributed by atoms with E-state index < -0.39 is 26.5 Å². The molecule has 0 bridgehead atoms. The molecule has 1 fully saturated rings. The lowest BCUT2D eigenvalue weighted by Crippen LogP contribution is -2.37. The van der Waals surface area contributed by atoms with Crippen LogP contribution in [0.15, 0.2) is 35.2 Å². The summed E-state index contributed by atoms with van der Waals surface area (Å²) in [4.78, 5) is 11.7. The lowest BCUT2D eigenvalue weighted by Gasteiger charge is -2.21. The van der Waals surface area contributed by atoms with Crippen LogP contribution in [-0.4, -0.2) is 26.2 Å². The van der Waals surface area contributed by atoms with Crippen molar-refractivity contribution in [1.82, 2.24) is 0 Å². The van der Waals surface area contributed by atoms with E-state index in [0.29, 0.717) is 0 Å². The number of benzene rings is 1. The molecule has 1 aromatic carbocycles. The first-order valence-electron chi connectivity index (χ1n) is 5.33. The number of sulfone groups is 1. The fourth-order valence-corrected chi connectivity index (χ4v) is 3.91. The van der Waals surface area contributed by atoms with Crippen molar-refractivity contribution in [3.8, 4) is 0 Å². The van der Waals surface area contributed by atoms with Crippen LogP contribution < -0.4 is 0 Å². The second-order valence-electron chi connectivity index (χ2n) is 4.67. The number of rotatable bonds is 2. The average Bonchev–Trinajstić information content (AvgIpc) is 2.55. The third-order valence-corrected chi connectivity index (χ3v) is 5.55. The highest BCUT2D eigenvalue weighted by molar-refractivity contribution is 7.92. The fraction of sp³-hybridized carbons (Fsp3) is 0.417. The summed E-state index contributed by atoms with van der Waals surface area (Å²) in [5, 5.41) is -0.815. The van der Waals surface area contributed by atoms with Gasteiger partial charge < -0.3 is 4.74 Å². The first-order chi connectivity index (χ1) is 7.87. The number of carbonyl (C=O) groups is 1. The molecule has 1 aliphatic rings. The van der Waals surface area contributed by atoms with Gasteiger partial charge in [0.25, 0.3) is 0 Å². The van der Waals surface area contributed by atoms with E-state index in [1.807, 2.05) is 0 Å². The Bertz CT molecular complexity index is 531. The minimum absolute atomic E-state index is 0.0664. The minimum atomic E-state index is -3.53. The van der Waals surface area contributed by atoms with Gasteiger partial charge in [0, 0.05) is 0 Å². The van der Waals surface area contributed by atoms with E-state index in [1.54, 1.807) is 32.0 Å². The van der Waals surface area contributed by atoms with Crippen LogP contribution in [0.1, 0.15) is 13.8 Å². The summed E-state index contributed by atoms with van der Waals surface area (Å²) in [5.74, 6) is -0.456. The quantitative estimate of drug-likeness (QED) is 0.749. The van der Waals surface area contributed by atoms with Crippen LogP contribution in [0.2, 0.25) is 0 Å². The first kappa shape index (κ1) is 12.1. The Hall–Kier alpha value is -1.36. The number of hydrogen-bond acceptors (Lipinski definition) is 4. The van der Waals surface area contributed by atoms with Crippen LogP contribution in [0.3, 0.4) is 0 Å². The topological polar surface area (TPSA) is 60.4 Å². The maximum atomic E-state index is 12.4. The summed E-state index contributed by atoms with van der Waals surface area (Å²) in [6, 6.07) is 8.15. The van der Waals surface area contributed by atoms with Gasteiger partial charge in [-0.25, -0.2) is 8.42 Å². The van der Waals surface area contributed by atoms with Gasteiger partial charge in [0.15, 0.2) is 9.84 Å². The molecule has 5 heteroatoms. The van der Waals surface area contributed by atoms with Crippen molar-refractivity contribution in [2.75, 3.05) is 6.61 Å². The molecule has 0 N–H and O–H groups in total. The summed E-state index contributed by atoms with van der Waals surface area (Å²) in [5.41, 5.74) is -0.991. The van der Waals surface area contributed by atoms with Gasteiger partial charge in [-0.05, 0) is 26.0 Å². The Balaban J connectivity index is 2.45. The number of esters is 1. The summed E-state index contributed by atoms with van der Waals surface area (Å²) in [6.45, 7) is 3.14. The van der Waals surface area contributed by atoms with E-state index in [2.05, 4.69) is 0 Å². The largest absolute Gasteiger partial charge is 0.464 e. The number of ether oxygens (including phenoxy) is 1. The lowest BCUT2D eigenvalue weighted by atomic mass is 9.92. The number of hydrogen-bond donors (Lipinski definition) is 0.